The van der Waals surface area contributed by atoms with E-state index in [4.69, 9.17) is 0 Å². The Hall–Kier alpha value is -0.890. The van der Waals surface area contributed by atoms with Gasteiger partial charge in [-0.2, -0.15) is 57.1 Å². The zero-order valence-corrected chi connectivity index (χ0v) is 12.2. The number of alkyl halides is 13. The maximum Gasteiger partial charge on any atom is 0.703 e. The topological polar surface area (TPSA) is 35.5 Å². The average molecular weight is 427 g/mol. The second-order valence-electron chi connectivity index (χ2n) is 4.04. The Labute approximate surface area is 130 Å². The van der Waals surface area contributed by atoms with Crippen molar-refractivity contribution in [3.8, 4) is 0 Å². The second kappa shape index (κ2) is 6.68. The first-order valence-electron chi connectivity index (χ1n) is 5.45. The molecule has 3 nitrogen and oxygen atoms in total. The molecular formula is C8H5F13O3P+. The van der Waals surface area contributed by atoms with Crippen molar-refractivity contribution in [2.24, 2.45) is 0 Å². The SMILES string of the molecule is CCO[P+](=O)OC(F)(F)C(F)(F)C(F)(F)C(F)(F)C(F)(F)C(F)(F)F. The molecule has 0 rings (SSSR count). The minimum atomic E-state index is -8.04. The van der Waals surface area contributed by atoms with Crippen LogP contribution in [0, 0.1) is 0 Å². The third kappa shape index (κ3) is 3.79. The van der Waals surface area contributed by atoms with Crippen LogP contribution in [0.15, 0.2) is 0 Å². The van der Waals surface area contributed by atoms with Crippen LogP contribution in [0.2, 0.25) is 0 Å². The molecule has 150 valence electrons. The highest BCUT2D eigenvalue weighted by atomic mass is 31.1. The fraction of sp³-hybridized carbons (Fsp3) is 1.00. The molecule has 1 unspecified atom stereocenters. The Bertz CT molecular complexity index is 500. The fourth-order valence-corrected chi connectivity index (χ4v) is 1.60. The van der Waals surface area contributed by atoms with Crippen molar-refractivity contribution < 1.29 is 70.7 Å². The van der Waals surface area contributed by atoms with Crippen molar-refractivity contribution in [1.29, 1.82) is 0 Å². The normalized spacial score (nSPS) is 16.2. The van der Waals surface area contributed by atoms with Crippen LogP contribution < -0.4 is 0 Å². The lowest BCUT2D eigenvalue weighted by Gasteiger charge is -2.37. The monoisotopic (exact) mass is 427 g/mol. The zero-order valence-electron chi connectivity index (χ0n) is 11.3. The van der Waals surface area contributed by atoms with E-state index in [0.717, 1.165) is 6.92 Å². The predicted molar refractivity (Wildman–Crippen MR) is 51.1 cm³/mol. The lowest BCUT2D eigenvalue weighted by atomic mass is 9.97. The number of hydrogen-bond donors (Lipinski definition) is 0. The summed E-state index contributed by atoms with van der Waals surface area (Å²) in [4.78, 5) is 0. The van der Waals surface area contributed by atoms with E-state index in [0.29, 0.717) is 0 Å². The van der Waals surface area contributed by atoms with E-state index in [1.54, 1.807) is 0 Å². The van der Waals surface area contributed by atoms with E-state index in [2.05, 4.69) is 9.05 Å². The van der Waals surface area contributed by atoms with Gasteiger partial charge >= 0.3 is 44.2 Å². The third-order valence-electron chi connectivity index (χ3n) is 2.33. The van der Waals surface area contributed by atoms with E-state index in [-0.39, 0.29) is 0 Å². The summed E-state index contributed by atoms with van der Waals surface area (Å²) >= 11 is 0. The van der Waals surface area contributed by atoms with Gasteiger partial charge < -0.3 is 0 Å². The third-order valence-corrected chi connectivity index (χ3v) is 3.18. The molecule has 0 aromatic heterocycles. The highest BCUT2D eigenvalue weighted by Gasteiger charge is 2.92. The Kier molecular flexibility index (Phi) is 6.45. The molecule has 0 aromatic rings. The highest BCUT2D eigenvalue weighted by Crippen LogP contribution is 2.61. The summed E-state index contributed by atoms with van der Waals surface area (Å²) in [5.41, 5.74) is 0. The average Bonchev–Trinajstić information content (AvgIpc) is 2.35. The largest absolute Gasteiger partial charge is 0.703 e. The Morgan fingerprint density at radius 2 is 1.04 bits per heavy atom. The molecule has 1 atom stereocenters. The first-order chi connectivity index (χ1) is 10.7. The molecular weight excluding hydrogens is 422 g/mol. The molecule has 0 aliphatic heterocycles. The van der Waals surface area contributed by atoms with Gasteiger partial charge in [0.15, 0.2) is 0 Å². The zero-order chi connectivity index (χ0) is 20.7. The van der Waals surface area contributed by atoms with Crippen LogP contribution in [0.4, 0.5) is 57.1 Å². The van der Waals surface area contributed by atoms with Crippen LogP contribution in [0.5, 0.6) is 0 Å². The van der Waals surface area contributed by atoms with Crippen molar-refractivity contribution in [2.45, 2.75) is 42.9 Å². The van der Waals surface area contributed by atoms with Gasteiger partial charge in [0.2, 0.25) is 0 Å². The van der Waals surface area contributed by atoms with E-state index >= 15 is 0 Å². The van der Waals surface area contributed by atoms with Gasteiger partial charge in [-0.05, 0) is 11.4 Å². The highest BCUT2D eigenvalue weighted by molar-refractivity contribution is 7.33. The molecule has 25 heavy (non-hydrogen) atoms. The molecule has 0 fully saturated rings. The number of halogens is 13. The first-order valence-corrected chi connectivity index (χ1v) is 6.55. The fourth-order valence-electron chi connectivity index (χ4n) is 1.04. The summed E-state index contributed by atoms with van der Waals surface area (Å²) in [5.74, 6) is -31.5. The van der Waals surface area contributed by atoms with E-state index in [1.165, 1.54) is 0 Å². The van der Waals surface area contributed by atoms with Gasteiger partial charge in [0.05, 0.1) is 0 Å². The lowest BCUT2D eigenvalue weighted by Crippen LogP contribution is -2.70. The second-order valence-corrected chi connectivity index (χ2v) is 4.93. The number of rotatable bonds is 8. The molecule has 0 N–H and O–H groups in total. The summed E-state index contributed by atoms with van der Waals surface area (Å²) in [6.07, 6.45) is -14.4. The van der Waals surface area contributed by atoms with Gasteiger partial charge in [-0.15, -0.1) is 4.52 Å². The summed E-state index contributed by atoms with van der Waals surface area (Å²) in [6.45, 7) is 0.106. The minimum Gasteiger partial charge on any atom is -0.192 e. The van der Waals surface area contributed by atoms with Crippen LogP contribution in [-0.2, 0) is 13.6 Å². The van der Waals surface area contributed by atoms with Crippen molar-refractivity contribution in [1.82, 2.24) is 0 Å². The Balaban J connectivity index is 6.07. The maximum atomic E-state index is 13.0. The van der Waals surface area contributed by atoms with Gasteiger partial charge in [-0.1, -0.05) is 0 Å². The lowest BCUT2D eigenvalue weighted by molar-refractivity contribution is -0.457. The summed E-state index contributed by atoms with van der Waals surface area (Å²) in [5, 5.41) is 0. The van der Waals surface area contributed by atoms with E-state index in [9.17, 15) is 61.6 Å². The Morgan fingerprint density at radius 3 is 1.36 bits per heavy atom. The molecule has 0 aliphatic rings. The van der Waals surface area contributed by atoms with Crippen LogP contribution in [0.1, 0.15) is 6.92 Å². The maximum absolute atomic E-state index is 13.0. The summed E-state index contributed by atoms with van der Waals surface area (Å²) < 4.78 is 180. The first kappa shape index (κ1) is 24.1. The van der Waals surface area contributed by atoms with Gasteiger partial charge in [0.25, 0.3) is 0 Å². The molecule has 0 saturated carbocycles. The van der Waals surface area contributed by atoms with Crippen molar-refractivity contribution in [3.63, 3.8) is 0 Å². The number of hydrogen-bond acceptors (Lipinski definition) is 3. The molecule has 0 bridgehead atoms. The summed E-state index contributed by atoms with van der Waals surface area (Å²) in [6, 6.07) is 0. The van der Waals surface area contributed by atoms with Gasteiger partial charge in [0.1, 0.15) is 6.61 Å². The van der Waals surface area contributed by atoms with Crippen LogP contribution in [-0.4, -0.2) is 42.6 Å². The van der Waals surface area contributed by atoms with Crippen molar-refractivity contribution >= 4 is 8.25 Å². The van der Waals surface area contributed by atoms with Crippen molar-refractivity contribution in [3.05, 3.63) is 0 Å². The Morgan fingerprint density at radius 1 is 0.680 bits per heavy atom. The summed E-state index contributed by atoms with van der Waals surface area (Å²) in [7, 11) is -4.33. The standard InChI is InChI=1S/C8H5F13O3P/c1-2-23-25(22)24-8(20,21)6(15,16)4(11,12)3(9,10)5(13,14)7(17,18)19/h2H2,1H3/q+1. The molecule has 17 heteroatoms. The molecule has 0 aromatic carbocycles. The van der Waals surface area contributed by atoms with Gasteiger partial charge in [0, 0.05) is 4.57 Å². The van der Waals surface area contributed by atoms with E-state index < -0.39 is 50.8 Å². The van der Waals surface area contributed by atoms with Crippen LogP contribution >= 0.6 is 8.25 Å². The molecule has 0 amide bonds. The molecule has 0 radical (unpaired) electrons. The minimum absolute atomic E-state index is 0.796. The molecule has 0 aliphatic carbocycles. The smallest absolute Gasteiger partial charge is 0.192 e. The van der Waals surface area contributed by atoms with E-state index in [1.807, 2.05) is 0 Å². The van der Waals surface area contributed by atoms with Gasteiger partial charge in [-0.3, -0.25) is 0 Å². The van der Waals surface area contributed by atoms with Crippen molar-refractivity contribution in [2.75, 3.05) is 6.61 Å². The molecule has 0 heterocycles. The quantitative estimate of drug-likeness (QED) is 0.385. The predicted octanol–water partition coefficient (Wildman–Crippen LogP) is 5.39. The van der Waals surface area contributed by atoms with Gasteiger partial charge in [-0.25, -0.2) is 0 Å². The van der Waals surface area contributed by atoms with Crippen LogP contribution in [0.3, 0.4) is 0 Å². The molecule has 0 saturated heterocycles. The van der Waals surface area contributed by atoms with Crippen LogP contribution in [0.25, 0.3) is 0 Å². The molecule has 0 spiro atoms.